The van der Waals surface area contributed by atoms with E-state index in [1.165, 1.54) is 12.5 Å². The predicted molar refractivity (Wildman–Crippen MR) is 129 cm³/mol. The first-order valence-electron chi connectivity index (χ1n) is 10.00. The van der Waals surface area contributed by atoms with Gasteiger partial charge in [0.15, 0.2) is 6.40 Å². The third-order valence-corrected chi connectivity index (χ3v) is 5.41. The van der Waals surface area contributed by atoms with E-state index in [0.717, 1.165) is 22.3 Å². The van der Waals surface area contributed by atoms with Gasteiger partial charge in [0.05, 0.1) is 11.3 Å². The second-order valence-electron chi connectivity index (χ2n) is 7.24. The standard InChI is InChI=1S/C27H20ClNO3/c1-18-7-13-23(16-24(18)27(30)31)32-17-29-22-12-14-26(28)25(15-22)21-10-8-20(9-11-21)19-5-3-2-4-6-19/h2-17H,1H3,(H,30,31). The first kappa shape index (κ1) is 21.3. The van der Waals surface area contributed by atoms with E-state index in [0.29, 0.717) is 22.0 Å². The largest absolute Gasteiger partial charge is 0.478 e. The van der Waals surface area contributed by atoms with Gasteiger partial charge in [-0.1, -0.05) is 72.3 Å². The van der Waals surface area contributed by atoms with Crippen LogP contribution in [-0.4, -0.2) is 17.5 Å². The summed E-state index contributed by atoms with van der Waals surface area (Å²) in [6, 6.07) is 28.7. The summed E-state index contributed by atoms with van der Waals surface area (Å²) >= 11 is 6.44. The number of hydrogen-bond acceptors (Lipinski definition) is 3. The number of benzene rings is 4. The second-order valence-corrected chi connectivity index (χ2v) is 7.65. The first-order chi connectivity index (χ1) is 15.5. The zero-order chi connectivity index (χ0) is 22.5. The molecule has 0 bridgehead atoms. The number of halogens is 1. The fraction of sp³-hybridized carbons (Fsp3) is 0.0370. The molecule has 0 saturated heterocycles. The van der Waals surface area contributed by atoms with Crippen LogP contribution in [0.4, 0.5) is 5.69 Å². The lowest BCUT2D eigenvalue weighted by molar-refractivity contribution is 0.0696. The van der Waals surface area contributed by atoms with Crippen molar-refractivity contribution < 1.29 is 14.6 Å². The molecule has 32 heavy (non-hydrogen) atoms. The van der Waals surface area contributed by atoms with Crippen LogP contribution in [0.1, 0.15) is 15.9 Å². The van der Waals surface area contributed by atoms with Gasteiger partial charge in [-0.05, 0) is 59.5 Å². The van der Waals surface area contributed by atoms with Gasteiger partial charge in [0.2, 0.25) is 0 Å². The molecular formula is C27H20ClNO3. The summed E-state index contributed by atoms with van der Waals surface area (Å²) in [6.45, 7) is 1.74. The molecule has 0 saturated carbocycles. The maximum Gasteiger partial charge on any atom is 0.336 e. The van der Waals surface area contributed by atoms with Gasteiger partial charge < -0.3 is 9.84 Å². The van der Waals surface area contributed by atoms with E-state index in [4.69, 9.17) is 16.3 Å². The highest BCUT2D eigenvalue weighted by Gasteiger charge is 2.08. The number of carbonyl (C=O) groups is 1. The van der Waals surface area contributed by atoms with Crippen molar-refractivity contribution in [2.45, 2.75) is 6.92 Å². The fourth-order valence-electron chi connectivity index (χ4n) is 3.34. The molecule has 0 aliphatic rings. The molecule has 0 heterocycles. The van der Waals surface area contributed by atoms with Crippen molar-refractivity contribution in [1.82, 2.24) is 0 Å². The number of aryl methyl sites for hydroxylation is 1. The van der Waals surface area contributed by atoms with Gasteiger partial charge >= 0.3 is 5.97 Å². The highest BCUT2D eigenvalue weighted by molar-refractivity contribution is 6.33. The van der Waals surface area contributed by atoms with Crippen molar-refractivity contribution in [2.24, 2.45) is 4.99 Å². The lowest BCUT2D eigenvalue weighted by Gasteiger charge is -2.08. The Bertz CT molecular complexity index is 1280. The SMILES string of the molecule is Cc1ccc(OC=Nc2ccc(Cl)c(-c3ccc(-c4ccccc4)cc3)c2)cc1C(=O)O. The van der Waals surface area contributed by atoms with Crippen LogP contribution in [0.2, 0.25) is 5.02 Å². The Morgan fingerprint density at radius 1 is 0.875 bits per heavy atom. The number of nitrogens with zero attached hydrogens (tertiary/aromatic N) is 1. The molecule has 1 N–H and O–H groups in total. The molecule has 0 aliphatic carbocycles. The molecule has 0 radical (unpaired) electrons. The van der Waals surface area contributed by atoms with Crippen molar-refractivity contribution >= 4 is 29.7 Å². The third kappa shape index (κ3) is 4.88. The van der Waals surface area contributed by atoms with E-state index >= 15 is 0 Å². The molecule has 0 spiro atoms. The number of rotatable bonds is 6. The van der Waals surface area contributed by atoms with Crippen LogP contribution in [0.25, 0.3) is 22.3 Å². The van der Waals surface area contributed by atoms with Crippen LogP contribution in [0.15, 0.2) is 96.0 Å². The Balaban J connectivity index is 1.53. The quantitative estimate of drug-likeness (QED) is 0.250. The Morgan fingerprint density at radius 2 is 1.56 bits per heavy atom. The Morgan fingerprint density at radius 3 is 2.28 bits per heavy atom. The van der Waals surface area contributed by atoms with Crippen LogP contribution in [-0.2, 0) is 0 Å². The monoisotopic (exact) mass is 441 g/mol. The van der Waals surface area contributed by atoms with Crippen LogP contribution in [0.3, 0.4) is 0 Å². The van der Waals surface area contributed by atoms with Crippen molar-refractivity contribution in [3.63, 3.8) is 0 Å². The maximum atomic E-state index is 11.3. The van der Waals surface area contributed by atoms with Crippen molar-refractivity contribution in [1.29, 1.82) is 0 Å². The minimum Gasteiger partial charge on any atom is -0.478 e. The van der Waals surface area contributed by atoms with Crippen LogP contribution in [0, 0.1) is 6.92 Å². The molecule has 0 atom stereocenters. The van der Waals surface area contributed by atoms with E-state index in [1.54, 1.807) is 31.2 Å². The number of ether oxygens (including phenoxy) is 1. The predicted octanol–water partition coefficient (Wildman–Crippen LogP) is 7.42. The van der Waals surface area contributed by atoms with Gasteiger partial charge in [0, 0.05) is 10.6 Å². The molecule has 0 amide bonds. The van der Waals surface area contributed by atoms with Gasteiger partial charge in [0.25, 0.3) is 0 Å². The maximum absolute atomic E-state index is 11.3. The van der Waals surface area contributed by atoms with Gasteiger partial charge in [-0.15, -0.1) is 0 Å². The van der Waals surface area contributed by atoms with E-state index in [9.17, 15) is 9.90 Å². The molecule has 4 rings (SSSR count). The average molecular weight is 442 g/mol. The zero-order valence-corrected chi connectivity index (χ0v) is 18.1. The number of carboxylic acid groups (broad SMARTS) is 1. The van der Waals surface area contributed by atoms with Crippen LogP contribution < -0.4 is 4.74 Å². The smallest absolute Gasteiger partial charge is 0.336 e. The number of aromatic carboxylic acids is 1. The minimum absolute atomic E-state index is 0.198. The van der Waals surface area contributed by atoms with Gasteiger partial charge in [-0.25, -0.2) is 9.79 Å². The average Bonchev–Trinajstić information content (AvgIpc) is 2.82. The Hall–Kier alpha value is -3.89. The highest BCUT2D eigenvalue weighted by atomic mass is 35.5. The van der Waals surface area contributed by atoms with E-state index in [1.807, 2.05) is 36.4 Å². The summed E-state index contributed by atoms with van der Waals surface area (Å²) in [4.78, 5) is 15.6. The lowest BCUT2D eigenvalue weighted by Crippen LogP contribution is -2.00. The summed E-state index contributed by atoms with van der Waals surface area (Å²) in [5.41, 5.74) is 5.67. The van der Waals surface area contributed by atoms with Gasteiger partial charge in [-0.2, -0.15) is 0 Å². The molecule has 0 fully saturated rings. The molecule has 4 aromatic rings. The molecule has 0 unspecified atom stereocenters. The summed E-state index contributed by atoms with van der Waals surface area (Å²) < 4.78 is 5.51. The molecule has 158 valence electrons. The Labute approximate surface area is 191 Å². The summed E-state index contributed by atoms with van der Waals surface area (Å²) in [5.74, 6) is -0.590. The van der Waals surface area contributed by atoms with E-state index in [-0.39, 0.29) is 5.56 Å². The van der Waals surface area contributed by atoms with Crippen molar-refractivity contribution in [3.05, 3.63) is 107 Å². The lowest BCUT2D eigenvalue weighted by atomic mass is 10.00. The summed E-state index contributed by atoms with van der Waals surface area (Å²) in [5, 5.41) is 9.87. The third-order valence-electron chi connectivity index (χ3n) is 5.08. The van der Waals surface area contributed by atoms with Gasteiger partial charge in [-0.3, -0.25) is 0 Å². The molecule has 4 nitrogen and oxygen atoms in total. The molecular weight excluding hydrogens is 422 g/mol. The highest BCUT2D eigenvalue weighted by Crippen LogP contribution is 2.33. The first-order valence-corrected chi connectivity index (χ1v) is 10.4. The number of carboxylic acids is 1. The van der Waals surface area contributed by atoms with Crippen LogP contribution in [0.5, 0.6) is 5.75 Å². The molecule has 0 aliphatic heterocycles. The topological polar surface area (TPSA) is 58.9 Å². The Kier molecular flexibility index (Phi) is 6.34. The molecule has 4 aromatic carbocycles. The van der Waals surface area contributed by atoms with Gasteiger partial charge in [0.1, 0.15) is 5.75 Å². The fourth-order valence-corrected chi connectivity index (χ4v) is 3.57. The van der Waals surface area contributed by atoms with Crippen molar-refractivity contribution in [2.75, 3.05) is 0 Å². The van der Waals surface area contributed by atoms with Crippen molar-refractivity contribution in [3.8, 4) is 28.0 Å². The molecule has 5 heteroatoms. The van der Waals surface area contributed by atoms with Crippen LogP contribution >= 0.6 is 11.6 Å². The minimum atomic E-state index is -0.995. The number of aliphatic imine (C=N–C) groups is 1. The summed E-state index contributed by atoms with van der Waals surface area (Å²) in [7, 11) is 0. The zero-order valence-electron chi connectivity index (χ0n) is 17.3. The second kappa shape index (κ2) is 9.50. The molecule has 0 aromatic heterocycles. The normalized spacial score (nSPS) is 10.9. The van der Waals surface area contributed by atoms with E-state index in [2.05, 4.69) is 29.3 Å². The summed E-state index contributed by atoms with van der Waals surface area (Å²) in [6.07, 6.45) is 1.29. The number of hydrogen-bond donors (Lipinski definition) is 1. The van der Waals surface area contributed by atoms with E-state index < -0.39 is 5.97 Å².